The van der Waals surface area contributed by atoms with Gasteiger partial charge >= 0.3 is 0 Å². The highest BCUT2D eigenvalue weighted by atomic mass is 16.4. The molecule has 0 heterocycles. The second kappa shape index (κ2) is 6.41. The molecule has 5 heteroatoms. The van der Waals surface area contributed by atoms with Gasteiger partial charge in [-0.2, -0.15) is 0 Å². The van der Waals surface area contributed by atoms with Crippen molar-refractivity contribution < 1.29 is 10.0 Å². The molecule has 20 heavy (non-hydrogen) atoms. The van der Waals surface area contributed by atoms with Crippen LogP contribution in [-0.4, -0.2) is 23.0 Å². The first-order chi connectivity index (χ1) is 9.58. The molecule has 0 bridgehead atoms. The number of nitrogens with two attached hydrogens (primary N) is 1. The van der Waals surface area contributed by atoms with Crippen LogP contribution in [0.2, 0.25) is 0 Å². The number of benzene rings is 1. The van der Waals surface area contributed by atoms with Gasteiger partial charge in [-0.25, -0.2) is 0 Å². The molecule has 1 aromatic rings. The number of hydrogen-bond donors (Lipinski definition) is 3. The van der Waals surface area contributed by atoms with E-state index in [1.165, 1.54) is 6.42 Å². The number of amides is 1. The van der Waals surface area contributed by atoms with Crippen molar-refractivity contribution in [1.82, 2.24) is 5.32 Å². The monoisotopic (exact) mass is 275 g/mol. The lowest BCUT2D eigenvalue weighted by molar-refractivity contribution is -0.121. The average molecular weight is 275 g/mol. The van der Waals surface area contributed by atoms with Crippen LogP contribution in [0, 0.1) is 5.92 Å². The summed E-state index contributed by atoms with van der Waals surface area (Å²) >= 11 is 0. The summed E-state index contributed by atoms with van der Waals surface area (Å²) in [6, 6.07) is 7.47. The van der Waals surface area contributed by atoms with Gasteiger partial charge in [-0.15, -0.1) is 0 Å². The molecule has 0 spiro atoms. The molecule has 1 saturated carbocycles. The third kappa shape index (κ3) is 3.73. The van der Waals surface area contributed by atoms with Crippen molar-refractivity contribution in [3.05, 3.63) is 35.4 Å². The summed E-state index contributed by atoms with van der Waals surface area (Å²) in [5.41, 5.74) is 7.05. The molecule has 1 aliphatic rings. The van der Waals surface area contributed by atoms with Crippen molar-refractivity contribution in [2.24, 2.45) is 16.8 Å². The predicted octanol–water partition coefficient (Wildman–Crippen LogP) is 1.63. The zero-order chi connectivity index (χ0) is 14.5. The van der Waals surface area contributed by atoms with Gasteiger partial charge in [-0.3, -0.25) is 4.79 Å². The second-order valence-electron chi connectivity index (χ2n) is 5.54. The summed E-state index contributed by atoms with van der Waals surface area (Å²) in [4.78, 5) is 12.0. The molecule has 0 aliphatic heterocycles. The molecule has 4 N–H and O–H groups in total. The normalized spacial score (nSPS) is 22.8. The van der Waals surface area contributed by atoms with Crippen molar-refractivity contribution in [2.45, 2.75) is 38.6 Å². The minimum absolute atomic E-state index is 0.0562. The highest BCUT2D eigenvalue weighted by molar-refractivity contribution is 5.97. The van der Waals surface area contributed by atoms with E-state index in [0.717, 1.165) is 18.4 Å². The maximum Gasteiger partial charge on any atom is 0.224 e. The van der Waals surface area contributed by atoms with Crippen LogP contribution in [-0.2, 0) is 11.2 Å². The maximum atomic E-state index is 12.0. The standard InChI is InChI=1S/C15H21N3O2/c1-10-2-7-13(8-10)17-14(19)9-11-3-5-12(6-4-11)15(16)18-20/h3-6,10,13,20H,2,7-9H2,1H3,(H2,16,18)(H,17,19). The van der Waals surface area contributed by atoms with Crippen molar-refractivity contribution in [3.8, 4) is 0 Å². The molecule has 2 rings (SSSR count). The quantitative estimate of drug-likeness (QED) is 0.338. The molecule has 0 radical (unpaired) electrons. The molecular formula is C15H21N3O2. The molecule has 2 unspecified atom stereocenters. The van der Waals surface area contributed by atoms with Gasteiger partial charge in [-0.05, 0) is 30.7 Å². The Morgan fingerprint density at radius 2 is 2.10 bits per heavy atom. The number of amidine groups is 1. The van der Waals surface area contributed by atoms with Crippen LogP contribution in [0.25, 0.3) is 0 Å². The third-order valence-electron chi connectivity index (χ3n) is 3.78. The van der Waals surface area contributed by atoms with E-state index in [2.05, 4.69) is 17.4 Å². The third-order valence-corrected chi connectivity index (χ3v) is 3.78. The van der Waals surface area contributed by atoms with Crippen LogP contribution in [0.1, 0.15) is 37.3 Å². The molecule has 2 atom stereocenters. The van der Waals surface area contributed by atoms with Gasteiger partial charge in [0.2, 0.25) is 5.91 Å². The zero-order valence-corrected chi connectivity index (χ0v) is 11.7. The molecule has 0 saturated heterocycles. The zero-order valence-electron chi connectivity index (χ0n) is 11.7. The van der Waals surface area contributed by atoms with E-state index in [-0.39, 0.29) is 11.7 Å². The Hall–Kier alpha value is -2.04. The van der Waals surface area contributed by atoms with E-state index in [1.54, 1.807) is 12.1 Å². The number of carbonyl (C=O) groups is 1. The van der Waals surface area contributed by atoms with Gasteiger partial charge in [0.1, 0.15) is 0 Å². The minimum Gasteiger partial charge on any atom is -0.409 e. The summed E-state index contributed by atoms with van der Waals surface area (Å²) in [5, 5.41) is 14.6. The van der Waals surface area contributed by atoms with Gasteiger partial charge in [0.15, 0.2) is 5.84 Å². The first-order valence-corrected chi connectivity index (χ1v) is 6.94. The Labute approximate surface area is 118 Å². The number of hydrogen-bond acceptors (Lipinski definition) is 3. The van der Waals surface area contributed by atoms with E-state index in [4.69, 9.17) is 10.9 Å². The van der Waals surface area contributed by atoms with Gasteiger partial charge in [0, 0.05) is 11.6 Å². The Bertz CT molecular complexity index is 496. The average Bonchev–Trinajstić information content (AvgIpc) is 2.84. The smallest absolute Gasteiger partial charge is 0.224 e. The summed E-state index contributed by atoms with van der Waals surface area (Å²) in [7, 11) is 0. The molecule has 1 fully saturated rings. The fraction of sp³-hybridized carbons (Fsp3) is 0.467. The first kappa shape index (κ1) is 14.4. The molecule has 108 valence electrons. The van der Waals surface area contributed by atoms with Crippen molar-refractivity contribution in [2.75, 3.05) is 0 Å². The minimum atomic E-state index is 0.0562. The topological polar surface area (TPSA) is 87.7 Å². The fourth-order valence-electron chi connectivity index (χ4n) is 2.65. The molecule has 1 aromatic carbocycles. The largest absolute Gasteiger partial charge is 0.409 e. The summed E-state index contributed by atoms with van der Waals surface area (Å²) in [5.74, 6) is 0.835. The van der Waals surface area contributed by atoms with E-state index in [9.17, 15) is 4.79 Å². The maximum absolute atomic E-state index is 12.0. The van der Waals surface area contributed by atoms with Crippen LogP contribution in [0.3, 0.4) is 0 Å². The highest BCUT2D eigenvalue weighted by Gasteiger charge is 2.22. The number of nitrogens with zero attached hydrogens (tertiary/aromatic N) is 1. The van der Waals surface area contributed by atoms with Crippen molar-refractivity contribution >= 4 is 11.7 Å². The predicted molar refractivity (Wildman–Crippen MR) is 77.6 cm³/mol. The molecular weight excluding hydrogens is 254 g/mol. The van der Waals surface area contributed by atoms with E-state index in [1.807, 2.05) is 12.1 Å². The van der Waals surface area contributed by atoms with Gasteiger partial charge in [-0.1, -0.05) is 36.3 Å². The molecule has 5 nitrogen and oxygen atoms in total. The number of nitrogens with one attached hydrogen (secondary N) is 1. The first-order valence-electron chi connectivity index (χ1n) is 6.94. The van der Waals surface area contributed by atoms with Crippen LogP contribution >= 0.6 is 0 Å². The summed E-state index contributed by atoms with van der Waals surface area (Å²) in [6.45, 7) is 2.22. The van der Waals surface area contributed by atoms with Crippen LogP contribution in [0.4, 0.5) is 0 Å². The molecule has 0 aromatic heterocycles. The van der Waals surface area contributed by atoms with Gasteiger partial charge in [0.25, 0.3) is 0 Å². The second-order valence-corrected chi connectivity index (χ2v) is 5.54. The Morgan fingerprint density at radius 1 is 1.40 bits per heavy atom. The van der Waals surface area contributed by atoms with Crippen LogP contribution in [0.15, 0.2) is 29.4 Å². The summed E-state index contributed by atoms with van der Waals surface area (Å²) < 4.78 is 0. The number of carbonyl (C=O) groups excluding carboxylic acids is 1. The van der Waals surface area contributed by atoms with E-state index < -0.39 is 0 Å². The van der Waals surface area contributed by atoms with Gasteiger partial charge < -0.3 is 16.3 Å². The lowest BCUT2D eigenvalue weighted by atomic mass is 10.1. The SMILES string of the molecule is CC1CCC(NC(=O)Cc2ccc(/C(N)=N/O)cc2)C1. The highest BCUT2D eigenvalue weighted by Crippen LogP contribution is 2.24. The Morgan fingerprint density at radius 3 is 2.65 bits per heavy atom. The number of rotatable bonds is 4. The lowest BCUT2D eigenvalue weighted by Gasteiger charge is -2.12. The Kier molecular flexibility index (Phi) is 4.61. The molecule has 1 aliphatic carbocycles. The van der Waals surface area contributed by atoms with E-state index in [0.29, 0.717) is 23.9 Å². The van der Waals surface area contributed by atoms with Crippen molar-refractivity contribution in [1.29, 1.82) is 0 Å². The summed E-state index contributed by atoms with van der Waals surface area (Å²) in [6.07, 6.45) is 3.71. The van der Waals surface area contributed by atoms with Crippen LogP contribution < -0.4 is 11.1 Å². The van der Waals surface area contributed by atoms with Crippen LogP contribution in [0.5, 0.6) is 0 Å². The fourth-order valence-corrected chi connectivity index (χ4v) is 2.65. The Balaban J connectivity index is 1.88. The van der Waals surface area contributed by atoms with Gasteiger partial charge in [0.05, 0.1) is 6.42 Å². The molecule has 1 amide bonds. The van der Waals surface area contributed by atoms with Crippen molar-refractivity contribution in [3.63, 3.8) is 0 Å². The van der Waals surface area contributed by atoms with E-state index >= 15 is 0 Å². The lowest BCUT2D eigenvalue weighted by Crippen LogP contribution is -2.34. The number of oxime groups is 1.